The molecule has 0 amide bonds. The second-order valence-electron chi connectivity index (χ2n) is 4.81. The number of hydrogen-bond acceptors (Lipinski definition) is 4. The Hall–Kier alpha value is -1.40. The minimum absolute atomic E-state index is 0.114. The second-order valence-corrected chi connectivity index (χ2v) is 6.75. The predicted molar refractivity (Wildman–Crippen MR) is 76.7 cm³/mol. The van der Waals surface area contributed by atoms with E-state index >= 15 is 0 Å². The molecule has 0 aliphatic carbocycles. The van der Waals surface area contributed by atoms with Gasteiger partial charge in [0.1, 0.15) is 6.54 Å². The van der Waals surface area contributed by atoms with Crippen molar-refractivity contribution in [3.63, 3.8) is 0 Å². The Kier molecular flexibility index (Phi) is 6.16. The van der Waals surface area contributed by atoms with Gasteiger partial charge < -0.3 is 4.74 Å². The molecule has 0 aliphatic rings. The van der Waals surface area contributed by atoms with E-state index in [-0.39, 0.29) is 30.5 Å². The minimum Gasteiger partial charge on any atom is -0.465 e. The Morgan fingerprint density at radius 2 is 1.85 bits per heavy atom. The Labute approximate surface area is 120 Å². The lowest BCUT2D eigenvalue weighted by atomic mass is 10.2. The van der Waals surface area contributed by atoms with Crippen LogP contribution in [0.25, 0.3) is 0 Å². The van der Waals surface area contributed by atoms with Crippen molar-refractivity contribution in [1.29, 1.82) is 0 Å². The van der Waals surface area contributed by atoms with Crippen LogP contribution in [0, 0.1) is 5.92 Å². The number of carbonyl (C=O) groups is 1. The van der Waals surface area contributed by atoms with E-state index in [0.717, 1.165) is 0 Å². The summed E-state index contributed by atoms with van der Waals surface area (Å²) in [6, 6.07) is 8.11. The fourth-order valence-corrected chi connectivity index (χ4v) is 3.32. The third kappa shape index (κ3) is 4.61. The number of hydrogen-bond donors (Lipinski definition) is 0. The van der Waals surface area contributed by atoms with Crippen LogP contribution in [-0.4, -0.2) is 38.4 Å². The first-order valence-corrected chi connectivity index (χ1v) is 8.02. The van der Waals surface area contributed by atoms with Crippen molar-refractivity contribution in [3.8, 4) is 0 Å². The van der Waals surface area contributed by atoms with E-state index < -0.39 is 16.0 Å². The molecular formula is C14H21NO4S. The molecule has 20 heavy (non-hydrogen) atoms. The summed E-state index contributed by atoms with van der Waals surface area (Å²) in [6.45, 7) is 5.74. The fourth-order valence-electron chi connectivity index (χ4n) is 1.75. The summed E-state index contributed by atoms with van der Waals surface area (Å²) in [7, 11) is -3.68. The summed E-state index contributed by atoms with van der Waals surface area (Å²) in [6.07, 6.45) is 0. The van der Waals surface area contributed by atoms with E-state index in [2.05, 4.69) is 0 Å². The van der Waals surface area contributed by atoms with Gasteiger partial charge in [0.15, 0.2) is 0 Å². The van der Waals surface area contributed by atoms with Crippen LogP contribution in [0.5, 0.6) is 0 Å². The molecule has 0 radical (unpaired) electrons. The Morgan fingerprint density at radius 1 is 1.25 bits per heavy atom. The lowest BCUT2D eigenvalue weighted by Gasteiger charge is -2.23. The molecule has 112 valence electrons. The van der Waals surface area contributed by atoms with Gasteiger partial charge in [-0.25, -0.2) is 8.42 Å². The lowest BCUT2D eigenvalue weighted by molar-refractivity contribution is -0.143. The lowest BCUT2D eigenvalue weighted by Crippen LogP contribution is -2.38. The molecule has 0 fully saturated rings. The largest absolute Gasteiger partial charge is 0.465 e. The predicted octanol–water partition coefficient (Wildman–Crippen LogP) is 1.90. The van der Waals surface area contributed by atoms with Crippen LogP contribution in [0.3, 0.4) is 0 Å². The van der Waals surface area contributed by atoms with Gasteiger partial charge in [0.2, 0.25) is 10.0 Å². The smallest absolute Gasteiger partial charge is 0.321 e. The van der Waals surface area contributed by atoms with Crippen LogP contribution >= 0.6 is 0 Å². The summed E-state index contributed by atoms with van der Waals surface area (Å²) in [5.41, 5.74) is 0. The van der Waals surface area contributed by atoms with Gasteiger partial charge in [-0.05, 0) is 25.0 Å². The zero-order chi connectivity index (χ0) is 15.2. The van der Waals surface area contributed by atoms with Gasteiger partial charge in [-0.2, -0.15) is 4.31 Å². The molecule has 1 rings (SSSR count). The van der Waals surface area contributed by atoms with Crippen LogP contribution in [0.1, 0.15) is 20.8 Å². The minimum atomic E-state index is -3.68. The maximum atomic E-state index is 12.5. The van der Waals surface area contributed by atoms with E-state index in [4.69, 9.17) is 4.74 Å². The molecule has 0 atom stereocenters. The van der Waals surface area contributed by atoms with Gasteiger partial charge >= 0.3 is 5.97 Å². The molecule has 0 aromatic heterocycles. The number of ether oxygens (including phenoxy) is 1. The number of nitrogens with zero attached hydrogens (tertiary/aromatic N) is 1. The summed E-state index contributed by atoms with van der Waals surface area (Å²) >= 11 is 0. The van der Waals surface area contributed by atoms with E-state index in [0.29, 0.717) is 0 Å². The first kappa shape index (κ1) is 16.7. The highest BCUT2D eigenvalue weighted by molar-refractivity contribution is 7.89. The van der Waals surface area contributed by atoms with E-state index in [1.54, 1.807) is 25.1 Å². The van der Waals surface area contributed by atoms with Crippen LogP contribution < -0.4 is 0 Å². The van der Waals surface area contributed by atoms with Crippen molar-refractivity contribution < 1.29 is 17.9 Å². The maximum Gasteiger partial charge on any atom is 0.321 e. The SMILES string of the molecule is CCOC(=O)CN(CC(C)C)S(=O)(=O)c1ccccc1. The van der Waals surface area contributed by atoms with Gasteiger partial charge in [0, 0.05) is 6.54 Å². The quantitative estimate of drug-likeness (QED) is 0.721. The van der Waals surface area contributed by atoms with Gasteiger partial charge in [-0.3, -0.25) is 4.79 Å². The fraction of sp³-hybridized carbons (Fsp3) is 0.500. The molecule has 1 aromatic carbocycles. The maximum absolute atomic E-state index is 12.5. The average Bonchev–Trinajstić information content (AvgIpc) is 2.38. The van der Waals surface area contributed by atoms with Crippen LogP contribution in [0.2, 0.25) is 0 Å². The zero-order valence-corrected chi connectivity index (χ0v) is 12.9. The van der Waals surface area contributed by atoms with E-state index in [1.807, 2.05) is 13.8 Å². The standard InChI is InChI=1S/C14H21NO4S/c1-4-19-14(16)11-15(10-12(2)3)20(17,18)13-8-6-5-7-9-13/h5-9,12H,4,10-11H2,1-3H3. The van der Waals surface area contributed by atoms with Crippen molar-refractivity contribution >= 4 is 16.0 Å². The van der Waals surface area contributed by atoms with Gasteiger partial charge in [-0.1, -0.05) is 32.0 Å². The van der Waals surface area contributed by atoms with Gasteiger partial charge in [0.05, 0.1) is 11.5 Å². The summed E-state index contributed by atoms with van der Waals surface area (Å²) in [4.78, 5) is 11.8. The average molecular weight is 299 g/mol. The Morgan fingerprint density at radius 3 is 2.35 bits per heavy atom. The molecular weight excluding hydrogens is 278 g/mol. The molecule has 0 unspecified atom stereocenters. The number of esters is 1. The summed E-state index contributed by atoms with van der Waals surface area (Å²) in [5.74, 6) is -0.421. The molecule has 0 bridgehead atoms. The number of benzene rings is 1. The van der Waals surface area contributed by atoms with Gasteiger partial charge in [-0.15, -0.1) is 0 Å². The Balaban J connectivity index is 3.00. The topological polar surface area (TPSA) is 63.7 Å². The highest BCUT2D eigenvalue weighted by Gasteiger charge is 2.27. The van der Waals surface area contributed by atoms with Gasteiger partial charge in [0.25, 0.3) is 0 Å². The number of sulfonamides is 1. The monoisotopic (exact) mass is 299 g/mol. The van der Waals surface area contributed by atoms with Crippen molar-refractivity contribution in [2.75, 3.05) is 19.7 Å². The van der Waals surface area contributed by atoms with Crippen molar-refractivity contribution in [2.24, 2.45) is 5.92 Å². The zero-order valence-electron chi connectivity index (χ0n) is 12.1. The number of rotatable bonds is 7. The summed E-state index contributed by atoms with van der Waals surface area (Å²) in [5, 5.41) is 0. The molecule has 0 heterocycles. The first-order valence-electron chi connectivity index (χ1n) is 6.58. The van der Waals surface area contributed by atoms with Crippen molar-refractivity contribution in [3.05, 3.63) is 30.3 Å². The molecule has 0 saturated heterocycles. The number of carbonyl (C=O) groups excluding carboxylic acids is 1. The van der Waals surface area contributed by atoms with Crippen molar-refractivity contribution in [2.45, 2.75) is 25.7 Å². The molecule has 6 heteroatoms. The Bertz CT molecular complexity index is 525. The van der Waals surface area contributed by atoms with E-state index in [9.17, 15) is 13.2 Å². The van der Waals surface area contributed by atoms with E-state index in [1.165, 1.54) is 16.4 Å². The molecule has 0 aliphatic heterocycles. The van der Waals surface area contributed by atoms with Crippen molar-refractivity contribution in [1.82, 2.24) is 4.31 Å². The molecule has 0 spiro atoms. The molecule has 5 nitrogen and oxygen atoms in total. The molecule has 0 N–H and O–H groups in total. The third-order valence-corrected chi connectivity index (χ3v) is 4.39. The normalized spacial score (nSPS) is 11.8. The molecule has 1 aromatic rings. The highest BCUT2D eigenvalue weighted by atomic mass is 32.2. The molecule has 0 saturated carbocycles. The first-order chi connectivity index (χ1) is 9.37. The second kappa shape index (κ2) is 7.40. The van der Waals surface area contributed by atoms with Crippen LogP contribution in [0.4, 0.5) is 0 Å². The van der Waals surface area contributed by atoms with Crippen LogP contribution in [-0.2, 0) is 19.6 Å². The van der Waals surface area contributed by atoms with Crippen LogP contribution in [0.15, 0.2) is 35.2 Å². The highest BCUT2D eigenvalue weighted by Crippen LogP contribution is 2.16. The third-order valence-electron chi connectivity index (χ3n) is 2.56. The summed E-state index contributed by atoms with van der Waals surface area (Å²) < 4.78 is 31.1.